The van der Waals surface area contributed by atoms with Crippen LogP contribution in [0.5, 0.6) is 0 Å². The predicted molar refractivity (Wildman–Crippen MR) is 56.6 cm³/mol. The number of rotatable bonds is 2. The average Bonchev–Trinajstić information content (AvgIpc) is 3.02. The maximum atomic E-state index is 4.27. The zero-order chi connectivity index (χ0) is 11.7. The Labute approximate surface area is 96.0 Å². The maximum Gasteiger partial charge on any atom is 0.161 e. The van der Waals surface area contributed by atoms with E-state index in [0.29, 0.717) is 17.5 Å². The second-order valence-electron chi connectivity index (χ2n) is 3.31. The molecule has 0 aromatic carbocycles. The third kappa shape index (κ3) is 1.75. The van der Waals surface area contributed by atoms with Gasteiger partial charge in [-0.1, -0.05) is 0 Å². The Morgan fingerprint density at radius 3 is 1.82 bits per heavy atom. The van der Waals surface area contributed by atoms with Crippen LogP contribution in [0.25, 0.3) is 11.6 Å². The summed E-state index contributed by atoms with van der Waals surface area (Å²) in [4.78, 5) is 16.3. The molecule has 0 saturated heterocycles. The van der Waals surface area contributed by atoms with E-state index >= 15 is 0 Å². The first kappa shape index (κ1) is 9.58. The highest BCUT2D eigenvalue weighted by molar-refractivity contribution is 5.31. The van der Waals surface area contributed by atoms with Gasteiger partial charge in [0.2, 0.25) is 0 Å². The smallest absolute Gasteiger partial charge is 0.161 e. The number of aromatic nitrogens is 8. The molecule has 0 atom stereocenters. The molecule has 0 bridgehead atoms. The summed E-state index contributed by atoms with van der Waals surface area (Å²) < 4.78 is 3.13. The quantitative estimate of drug-likeness (QED) is 0.611. The first-order valence-corrected chi connectivity index (χ1v) is 4.88. The molecule has 0 amide bonds. The molecule has 3 aromatic rings. The van der Waals surface area contributed by atoms with Crippen LogP contribution in [0, 0.1) is 6.92 Å². The van der Waals surface area contributed by atoms with Gasteiger partial charge >= 0.3 is 0 Å². The van der Waals surface area contributed by atoms with Crippen LogP contribution in [0.3, 0.4) is 0 Å². The van der Waals surface area contributed by atoms with Crippen LogP contribution in [0.4, 0.5) is 0 Å². The van der Waals surface area contributed by atoms with Crippen molar-refractivity contribution in [3.05, 3.63) is 37.2 Å². The second-order valence-corrected chi connectivity index (χ2v) is 3.31. The number of aryl methyl sites for hydroxylation is 1. The third-order valence-electron chi connectivity index (χ3n) is 2.12. The maximum absolute atomic E-state index is 4.27. The summed E-state index contributed by atoms with van der Waals surface area (Å²) in [6.07, 6.45) is 6.05. The van der Waals surface area contributed by atoms with Gasteiger partial charge in [-0.3, -0.25) is 0 Å². The Balaban J connectivity index is 2.13. The molecule has 0 aliphatic carbocycles. The molecule has 0 N–H and O–H groups in total. The summed E-state index contributed by atoms with van der Waals surface area (Å²) in [6.45, 7) is 1.81. The zero-order valence-corrected chi connectivity index (χ0v) is 8.96. The minimum absolute atomic E-state index is 0.628. The van der Waals surface area contributed by atoms with Crippen LogP contribution in [-0.4, -0.2) is 39.5 Å². The monoisotopic (exact) mass is 228 g/mol. The minimum Gasteiger partial charge on any atom is -0.223 e. The Kier molecular flexibility index (Phi) is 2.11. The third-order valence-corrected chi connectivity index (χ3v) is 2.12. The van der Waals surface area contributed by atoms with E-state index < -0.39 is 0 Å². The highest BCUT2D eigenvalue weighted by atomic mass is 15.4. The van der Waals surface area contributed by atoms with Crippen molar-refractivity contribution in [2.75, 3.05) is 0 Å². The van der Waals surface area contributed by atoms with Crippen LogP contribution in [0.2, 0.25) is 0 Å². The van der Waals surface area contributed by atoms with E-state index in [2.05, 4.69) is 30.1 Å². The van der Waals surface area contributed by atoms with E-state index in [1.807, 2.05) is 0 Å². The predicted octanol–water partition coefficient (Wildman–Crippen LogP) is -0.0536. The lowest BCUT2D eigenvalue weighted by Crippen LogP contribution is -2.06. The Bertz CT molecular complexity index is 560. The SMILES string of the molecule is Cc1nc(-n2cncn2)cc(-n2cncn2)n1. The second kappa shape index (κ2) is 3.74. The summed E-state index contributed by atoms with van der Waals surface area (Å²) in [7, 11) is 0. The standard InChI is InChI=1S/C9H8N8/c1-7-14-8(16-5-10-3-12-16)2-9(15-7)17-6-11-4-13-17/h2-6H,1H3. The number of hydrogen-bond donors (Lipinski definition) is 0. The zero-order valence-electron chi connectivity index (χ0n) is 8.96. The molecule has 0 radical (unpaired) electrons. The van der Waals surface area contributed by atoms with Gasteiger partial charge in [0.15, 0.2) is 11.6 Å². The van der Waals surface area contributed by atoms with Gasteiger partial charge in [0, 0.05) is 6.07 Å². The van der Waals surface area contributed by atoms with Gasteiger partial charge in [-0.05, 0) is 6.92 Å². The van der Waals surface area contributed by atoms with Crippen molar-refractivity contribution < 1.29 is 0 Å². The van der Waals surface area contributed by atoms with Gasteiger partial charge in [0.05, 0.1) is 0 Å². The summed E-state index contributed by atoms with van der Waals surface area (Å²) >= 11 is 0. The first-order chi connectivity index (χ1) is 8.33. The molecule has 8 heteroatoms. The van der Waals surface area contributed by atoms with E-state index in [-0.39, 0.29) is 0 Å². The van der Waals surface area contributed by atoms with Gasteiger partial charge in [-0.25, -0.2) is 29.3 Å². The Morgan fingerprint density at radius 2 is 1.41 bits per heavy atom. The van der Waals surface area contributed by atoms with E-state index in [1.165, 1.54) is 12.7 Å². The van der Waals surface area contributed by atoms with Gasteiger partial charge in [0.1, 0.15) is 31.1 Å². The molecule has 17 heavy (non-hydrogen) atoms. The lowest BCUT2D eigenvalue weighted by Gasteiger charge is -2.04. The number of nitrogens with zero attached hydrogens (tertiary/aromatic N) is 8. The molecule has 3 aromatic heterocycles. The van der Waals surface area contributed by atoms with E-state index in [0.717, 1.165) is 0 Å². The molecule has 8 nitrogen and oxygen atoms in total. The fraction of sp³-hybridized carbons (Fsp3) is 0.111. The van der Waals surface area contributed by atoms with Crippen LogP contribution >= 0.6 is 0 Å². The van der Waals surface area contributed by atoms with Crippen molar-refractivity contribution in [2.24, 2.45) is 0 Å². The molecule has 0 aliphatic rings. The van der Waals surface area contributed by atoms with Gasteiger partial charge in [-0.15, -0.1) is 0 Å². The van der Waals surface area contributed by atoms with Crippen LogP contribution in [0.15, 0.2) is 31.4 Å². The van der Waals surface area contributed by atoms with Crippen molar-refractivity contribution in [1.29, 1.82) is 0 Å². The molecule has 3 heterocycles. The van der Waals surface area contributed by atoms with Crippen LogP contribution in [-0.2, 0) is 0 Å². The van der Waals surface area contributed by atoms with E-state index in [4.69, 9.17) is 0 Å². The van der Waals surface area contributed by atoms with E-state index in [9.17, 15) is 0 Å². The summed E-state index contributed by atoms with van der Waals surface area (Å²) in [5, 5.41) is 8.04. The molecule has 84 valence electrons. The van der Waals surface area contributed by atoms with Crippen LogP contribution in [0.1, 0.15) is 5.82 Å². The average molecular weight is 228 g/mol. The van der Waals surface area contributed by atoms with E-state index in [1.54, 1.807) is 35.0 Å². The van der Waals surface area contributed by atoms with Crippen molar-refractivity contribution in [3.8, 4) is 11.6 Å². The lowest BCUT2D eigenvalue weighted by molar-refractivity contribution is 0.788. The van der Waals surface area contributed by atoms with Crippen molar-refractivity contribution >= 4 is 0 Å². The largest absolute Gasteiger partial charge is 0.223 e. The summed E-state index contributed by atoms with van der Waals surface area (Å²) in [6, 6.07) is 1.76. The fourth-order valence-corrected chi connectivity index (χ4v) is 1.42. The van der Waals surface area contributed by atoms with Gasteiger partial charge < -0.3 is 0 Å². The van der Waals surface area contributed by atoms with Gasteiger partial charge in [-0.2, -0.15) is 10.2 Å². The molecule has 0 unspecified atom stereocenters. The Hall–Kier alpha value is -2.64. The fourth-order valence-electron chi connectivity index (χ4n) is 1.42. The Morgan fingerprint density at radius 1 is 0.882 bits per heavy atom. The molecule has 0 aliphatic heterocycles. The van der Waals surface area contributed by atoms with Gasteiger partial charge in [0.25, 0.3) is 0 Å². The van der Waals surface area contributed by atoms with Crippen molar-refractivity contribution in [2.45, 2.75) is 6.92 Å². The van der Waals surface area contributed by atoms with Crippen LogP contribution < -0.4 is 0 Å². The molecular formula is C9H8N8. The molecule has 0 fully saturated rings. The highest BCUT2D eigenvalue weighted by Gasteiger charge is 2.06. The van der Waals surface area contributed by atoms with Crippen molar-refractivity contribution in [1.82, 2.24) is 39.5 Å². The summed E-state index contributed by atoms with van der Waals surface area (Å²) in [5.41, 5.74) is 0. The van der Waals surface area contributed by atoms with Crippen molar-refractivity contribution in [3.63, 3.8) is 0 Å². The minimum atomic E-state index is 0.628. The molecule has 3 rings (SSSR count). The topological polar surface area (TPSA) is 87.2 Å². The molecular weight excluding hydrogens is 220 g/mol. The first-order valence-electron chi connectivity index (χ1n) is 4.88. The number of hydrogen-bond acceptors (Lipinski definition) is 6. The lowest BCUT2D eigenvalue weighted by atomic mass is 10.5. The highest BCUT2D eigenvalue weighted by Crippen LogP contribution is 2.08. The summed E-state index contributed by atoms with van der Waals surface area (Å²) in [5.74, 6) is 1.91. The normalized spacial score (nSPS) is 10.6. The molecule has 0 saturated carbocycles. The molecule has 0 spiro atoms.